The third kappa shape index (κ3) is 3.24. The summed E-state index contributed by atoms with van der Waals surface area (Å²) in [6.45, 7) is 7.58. The Balaban J connectivity index is 2.12. The molecule has 3 nitrogen and oxygen atoms in total. The number of aliphatic hydroxyl groups excluding tert-OH is 1. The van der Waals surface area contributed by atoms with Gasteiger partial charge in [-0.05, 0) is 39.2 Å². The Morgan fingerprint density at radius 1 is 1.39 bits per heavy atom. The van der Waals surface area contributed by atoms with Crippen LogP contribution in [0.1, 0.15) is 44.4 Å². The van der Waals surface area contributed by atoms with Gasteiger partial charge in [0.1, 0.15) is 5.75 Å². The first kappa shape index (κ1) is 13.4. The average molecular weight is 249 g/mol. The topological polar surface area (TPSA) is 41.5 Å². The highest BCUT2D eigenvalue weighted by atomic mass is 16.5. The molecule has 0 aromatic heterocycles. The predicted molar refractivity (Wildman–Crippen MR) is 73.0 cm³/mol. The van der Waals surface area contributed by atoms with Crippen molar-refractivity contribution in [3.63, 3.8) is 0 Å². The lowest BCUT2D eigenvalue weighted by atomic mass is 9.98. The molecule has 0 aliphatic carbocycles. The molecule has 0 spiro atoms. The Bertz CT molecular complexity index is 409. The largest absolute Gasteiger partial charge is 0.493 e. The third-order valence-corrected chi connectivity index (χ3v) is 3.15. The smallest absolute Gasteiger partial charge is 0.128 e. The molecule has 1 aromatic rings. The zero-order valence-corrected chi connectivity index (χ0v) is 11.5. The fourth-order valence-electron chi connectivity index (χ4n) is 2.19. The molecule has 1 aliphatic rings. The van der Waals surface area contributed by atoms with Crippen molar-refractivity contribution >= 4 is 0 Å². The minimum absolute atomic E-state index is 0.0106. The van der Waals surface area contributed by atoms with Crippen LogP contribution in [-0.2, 0) is 6.42 Å². The van der Waals surface area contributed by atoms with Crippen molar-refractivity contribution in [1.82, 2.24) is 5.32 Å². The van der Waals surface area contributed by atoms with Gasteiger partial charge in [0.15, 0.2) is 0 Å². The summed E-state index contributed by atoms with van der Waals surface area (Å²) in [5, 5.41) is 13.6. The zero-order chi connectivity index (χ0) is 13.2. The molecule has 18 heavy (non-hydrogen) atoms. The summed E-state index contributed by atoms with van der Waals surface area (Å²) in [6, 6.07) is 6.05. The van der Waals surface area contributed by atoms with Gasteiger partial charge >= 0.3 is 0 Å². The van der Waals surface area contributed by atoms with Crippen LogP contribution in [0.4, 0.5) is 0 Å². The Morgan fingerprint density at radius 3 is 2.89 bits per heavy atom. The quantitative estimate of drug-likeness (QED) is 0.864. The Hall–Kier alpha value is -1.06. The number of benzene rings is 1. The van der Waals surface area contributed by atoms with Crippen LogP contribution in [0.15, 0.2) is 18.2 Å². The predicted octanol–water partition coefficient (Wildman–Crippen LogP) is 2.43. The maximum absolute atomic E-state index is 10.3. The van der Waals surface area contributed by atoms with E-state index in [4.69, 9.17) is 4.74 Å². The van der Waals surface area contributed by atoms with Crippen LogP contribution in [0, 0.1) is 0 Å². The number of rotatable bonds is 3. The molecule has 3 heteroatoms. The van der Waals surface area contributed by atoms with Crippen LogP contribution in [0.3, 0.4) is 0 Å². The van der Waals surface area contributed by atoms with E-state index in [0.29, 0.717) is 6.54 Å². The van der Waals surface area contributed by atoms with Crippen LogP contribution >= 0.6 is 0 Å². The fraction of sp³-hybridized carbons (Fsp3) is 0.600. The SMILES string of the molecule is CC(C)(C)NCC(O)c1cccc2c1OCCC2. The number of fused-ring (bicyclic) bond motifs is 1. The molecule has 0 bridgehead atoms. The van der Waals surface area contributed by atoms with Gasteiger partial charge in [-0.3, -0.25) is 0 Å². The normalized spacial score (nSPS) is 16.9. The monoisotopic (exact) mass is 249 g/mol. The first-order valence-corrected chi connectivity index (χ1v) is 6.65. The molecule has 1 atom stereocenters. The van der Waals surface area contributed by atoms with Crippen molar-refractivity contribution in [2.75, 3.05) is 13.2 Å². The third-order valence-electron chi connectivity index (χ3n) is 3.15. The van der Waals surface area contributed by atoms with E-state index >= 15 is 0 Å². The first-order chi connectivity index (χ1) is 8.47. The molecular weight excluding hydrogens is 226 g/mol. The van der Waals surface area contributed by atoms with E-state index in [9.17, 15) is 5.11 Å². The van der Waals surface area contributed by atoms with Gasteiger partial charge in [0.05, 0.1) is 12.7 Å². The highest BCUT2D eigenvalue weighted by molar-refractivity contribution is 5.44. The number of aliphatic hydroxyl groups is 1. The number of hydrogen-bond acceptors (Lipinski definition) is 3. The number of nitrogens with one attached hydrogen (secondary N) is 1. The van der Waals surface area contributed by atoms with Crippen molar-refractivity contribution in [2.24, 2.45) is 0 Å². The highest BCUT2D eigenvalue weighted by Crippen LogP contribution is 2.32. The Kier molecular flexibility index (Phi) is 3.93. The van der Waals surface area contributed by atoms with E-state index in [1.807, 2.05) is 12.1 Å². The van der Waals surface area contributed by atoms with Crippen molar-refractivity contribution in [1.29, 1.82) is 0 Å². The molecule has 0 radical (unpaired) electrons. The molecule has 0 saturated heterocycles. The highest BCUT2D eigenvalue weighted by Gasteiger charge is 2.20. The molecule has 1 unspecified atom stereocenters. The number of para-hydroxylation sites is 1. The van der Waals surface area contributed by atoms with Crippen molar-refractivity contribution in [3.8, 4) is 5.75 Å². The summed E-state index contributed by atoms with van der Waals surface area (Å²) in [4.78, 5) is 0. The lowest BCUT2D eigenvalue weighted by molar-refractivity contribution is 0.156. The van der Waals surface area contributed by atoms with E-state index in [1.165, 1.54) is 5.56 Å². The lowest BCUT2D eigenvalue weighted by Gasteiger charge is -2.26. The van der Waals surface area contributed by atoms with Gasteiger partial charge in [0, 0.05) is 17.6 Å². The van der Waals surface area contributed by atoms with Crippen molar-refractivity contribution < 1.29 is 9.84 Å². The molecule has 0 amide bonds. The van der Waals surface area contributed by atoms with E-state index in [2.05, 4.69) is 32.2 Å². The lowest BCUT2D eigenvalue weighted by Crippen LogP contribution is -2.38. The summed E-state index contributed by atoms with van der Waals surface area (Å²) >= 11 is 0. The van der Waals surface area contributed by atoms with Gasteiger partial charge < -0.3 is 15.2 Å². The van der Waals surface area contributed by atoms with Gasteiger partial charge in [-0.15, -0.1) is 0 Å². The van der Waals surface area contributed by atoms with Crippen LogP contribution < -0.4 is 10.1 Å². The standard InChI is InChI=1S/C15H23NO2/c1-15(2,3)16-10-13(17)12-8-4-6-11-7-5-9-18-14(11)12/h4,6,8,13,16-17H,5,7,9-10H2,1-3H3. The molecule has 1 aromatic carbocycles. The van der Waals surface area contributed by atoms with Crippen LogP contribution in [0.25, 0.3) is 0 Å². The van der Waals surface area contributed by atoms with Gasteiger partial charge in [-0.25, -0.2) is 0 Å². The van der Waals surface area contributed by atoms with Gasteiger partial charge in [-0.2, -0.15) is 0 Å². The number of ether oxygens (including phenoxy) is 1. The Labute approximate surface area is 109 Å². The van der Waals surface area contributed by atoms with Gasteiger partial charge in [-0.1, -0.05) is 18.2 Å². The maximum atomic E-state index is 10.3. The van der Waals surface area contributed by atoms with Crippen molar-refractivity contribution in [3.05, 3.63) is 29.3 Å². The number of β-amino-alcohol motifs (C(OH)–C–C–N with tert-alkyl or cyclic N) is 1. The van der Waals surface area contributed by atoms with E-state index < -0.39 is 6.10 Å². The zero-order valence-electron chi connectivity index (χ0n) is 11.5. The van der Waals surface area contributed by atoms with E-state index in [0.717, 1.165) is 30.8 Å². The van der Waals surface area contributed by atoms with Crippen LogP contribution in [-0.4, -0.2) is 23.8 Å². The van der Waals surface area contributed by atoms with Crippen LogP contribution in [0.2, 0.25) is 0 Å². The van der Waals surface area contributed by atoms with Gasteiger partial charge in [0.2, 0.25) is 0 Å². The second-order valence-electron chi connectivity index (χ2n) is 5.93. The summed E-state index contributed by atoms with van der Waals surface area (Å²) in [5.41, 5.74) is 2.13. The second-order valence-corrected chi connectivity index (χ2v) is 5.93. The fourth-order valence-corrected chi connectivity index (χ4v) is 2.19. The maximum Gasteiger partial charge on any atom is 0.128 e. The molecule has 0 saturated carbocycles. The second kappa shape index (κ2) is 5.29. The average Bonchev–Trinajstić information content (AvgIpc) is 2.34. The molecule has 2 N–H and O–H groups in total. The molecule has 1 heterocycles. The van der Waals surface area contributed by atoms with E-state index in [1.54, 1.807) is 0 Å². The van der Waals surface area contributed by atoms with Gasteiger partial charge in [0.25, 0.3) is 0 Å². The molecule has 100 valence electrons. The van der Waals surface area contributed by atoms with Crippen molar-refractivity contribution in [2.45, 2.75) is 45.3 Å². The minimum atomic E-state index is -0.516. The molecule has 1 aliphatic heterocycles. The molecular formula is C15H23NO2. The first-order valence-electron chi connectivity index (χ1n) is 6.65. The van der Waals surface area contributed by atoms with Crippen LogP contribution in [0.5, 0.6) is 5.75 Å². The number of aryl methyl sites for hydroxylation is 1. The summed E-state index contributed by atoms with van der Waals surface area (Å²) in [5.74, 6) is 0.895. The van der Waals surface area contributed by atoms with E-state index in [-0.39, 0.29) is 5.54 Å². The summed E-state index contributed by atoms with van der Waals surface area (Å²) < 4.78 is 5.72. The number of hydrogen-bond donors (Lipinski definition) is 2. The summed E-state index contributed by atoms with van der Waals surface area (Å²) in [7, 11) is 0. The molecule has 0 fully saturated rings. The minimum Gasteiger partial charge on any atom is -0.493 e. The molecule has 2 rings (SSSR count). The summed E-state index contributed by atoms with van der Waals surface area (Å²) in [6.07, 6.45) is 1.59. The Morgan fingerprint density at radius 2 is 2.17 bits per heavy atom.